The molecule has 0 radical (unpaired) electrons. The molecule has 0 amide bonds. The number of Topliss-reactive ketones (excluding diaryl/α,β-unsaturated/α-hetero) is 1. The summed E-state index contributed by atoms with van der Waals surface area (Å²) in [6, 6.07) is 8.33. The van der Waals surface area contributed by atoms with Crippen molar-refractivity contribution in [2.24, 2.45) is 23.2 Å². The van der Waals surface area contributed by atoms with Crippen LogP contribution in [0.3, 0.4) is 0 Å². The Bertz CT molecular complexity index is 1150. The number of hydrogen-bond donors (Lipinski definition) is 3. The lowest BCUT2D eigenvalue weighted by Gasteiger charge is -2.62. The fraction of sp³-hybridized carbons (Fsp3) is 0.607. The Kier molecular flexibility index (Phi) is 6.34. The van der Waals surface area contributed by atoms with Crippen LogP contribution in [0, 0.1) is 23.2 Å². The van der Waals surface area contributed by atoms with Gasteiger partial charge in [-0.1, -0.05) is 25.1 Å². The van der Waals surface area contributed by atoms with Crippen LogP contribution >= 0.6 is 0 Å². The lowest BCUT2D eigenvalue weighted by molar-refractivity contribution is -0.269. The molecule has 2 bridgehead atoms. The predicted octanol–water partition coefficient (Wildman–Crippen LogP) is 1.58. The lowest BCUT2D eigenvalue weighted by atomic mass is 9.48. The first-order chi connectivity index (χ1) is 17.4. The topological polar surface area (TPSA) is 140 Å². The molecule has 3 aliphatic carbocycles. The minimum Gasteiger partial charge on any atom is -0.455 e. The van der Waals surface area contributed by atoms with Crippen LogP contribution < -0.4 is 0 Å². The maximum atomic E-state index is 14.4. The molecule has 1 aliphatic heterocycles. The second-order valence-corrected chi connectivity index (χ2v) is 11.2. The highest BCUT2D eigenvalue weighted by molar-refractivity contribution is 5.95. The van der Waals surface area contributed by atoms with Gasteiger partial charge in [0.15, 0.2) is 11.9 Å². The average Bonchev–Trinajstić information content (AvgIpc) is 2.84. The summed E-state index contributed by atoms with van der Waals surface area (Å²) in [7, 11) is 0. The van der Waals surface area contributed by atoms with Crippen molar-refractivity contribution in [1.82, 2.24) is 0 Å². The van der Waals surface area contributed by atoms with E-state index in [0.717, 1.165) is 0 Å². The number of ether oxygens (including phenoxy) is 3. The van der Waals surface area contributed by atoms with Crippen LogP contribution in [0.2, 0.25) is 0 Å². The van der Waals surface area contributed by atoms with E-state index < -0.39 is 65.0 Å². The summed E-state index contributed by atoms with van der Waals surface area (Å²) in [5, 5.41) is 34.8. The van der Waals surface area contributed by atoms with Crippen molar-refractivity contribution in [2.75, 3.05) is 6.61 Å². The Balaban J connectivity index is 1.73. The van der Waals surface area contributed by atoms with E-state index in [1.807, 2.05) is 0 Å². The molecule has 37 heavy (non-hydrogen) atoms. The lowest BCUT2D eigenvalue weighted by Crippen LogP contribution is -2.73. The van der Waals surface area contributed by atoms with E-state index in [-0.39, 0.29) is 42.6 Å². The zero-order valence-corrected chi connectivity index (χ0v) is 21.4. The summed E-state index contributed by atoms with van der Waals surface area (Å²) in [6.07, 6.45) is -5.37. The Morgan fingerprint density at radius 1 is 1.14 bits per heavy atom. The molecular weight excluding hydrogens is 480 g/mol. The standard InChI is InChI=1S/C28H34O9/c1-13-18(30)11-28(34)14(2)21(13)23(36-15(3)29)24(32)27(4)20(31)10-19-17(12-35-19)22(27)25(28)37-26(33)16-8-6-5-7-9-16/h5-9,14,17-20,22-23,25,30-31,34H,10-12H2,1-4H3/t14?,17-,18+,19-,20+,22+,23-,25+,27-,28+/m1/s1. The monoisotopic (exact) mass is 514 g/mol. The molecule has 10 atom stereocenters. The average molecular weight is 515 g/mol. The highest BCUT2D eigenvalue weighted by Crippen LogP contribution is 2.59. The Hall–Kier alpha value is -2.59. The van der Waals surface area contributed by atoms with Crippen molar-refractivity contribution in [3.05, 3.63) is 47.0 Å². The first-order valence-electron chi connectivity index (χ1n) is 12.8. The third kappa shape index (κ3) is 3.78. The smallest absolute Gasteiger partial charge is 0.338 e. The number of carbonyl (C=O) groups excluding carboxylic acids is 3. The van der Waals surface area contributed by atoms with Crippen LogP contribution in [0.1, 0.15) is 50.9 Å². The molecule has 9 nitrogen and oxygen atoms in total. The van der Waals surface area contributed by atoms with E-state index >= 15 is 0 Å². The predicted molar refractivity (Wildman–Crippen MR) is 129 cm³/mol. The third-order valence-electron chi connectivity index (χ3n) is 9.37. The molecule has 200 valence electrons. The number of carbonyl (C=O) groups is 3. The van der Waals surface area contributed by atoms with Gasteiger partial charge in [0.2, 0.25) is 0 Å². The van der Waals surface area contributed by atoms with Gasteiger partial charge in [-0.25, -0.2) is 4.79 Å². The molecule has 4 aliphatic rings. The Morgan fingerprint density at radius 3 is 2.41 bits per heavy atom. The summed E-state index contributed by atoms with van der Waals surface area (Å²) in [4.78, 5) is 39.9. The maximum absolute atomic E-state index is 14.4. The molecule has 2 saturated carbocycles. The molecule has 1 heterocycles. The van der Waals surface area contributed by atoms with Crippen molar-refractivity contribution in [1.29, 1.82) is 0 Å². The number of hydrogen-bond acceptors (Lipinski definition) is 9. The van der Waals surface area contributed by atoms with Crippen LogP contribution in [-0.2, 0) is 23.8 Å². The van der Waals surface area contributed by atoms with Crippen LogP contribution in [-0.4, -0.2) is 75.8 Å². The molecule has 3 N–H and O–H groups in total. The molecule has 1 aromatic carbocycles. The molecule has 0 aromatic heterocycles. The van der Waals surface area contributed by atoms with E-state index in [1.165, 1.54) is 6.92 Å². The summed E-state index contributed by atoms with van der Waals surface area (Å²) < 4.78 is 17.4. The first kappa shape index (κ1) is 26.0. The number of aliphatic hydroxyl groups is 3. The largest absolute Gasteiger partial charge is 0.455 e. The normalized spacial score (nSPS) is 42.9. The summed E-state index contributed by atoms with van der Waals surface area (Å²) in [5.41, 5.74) is -2.38. The molecular formula is C28H34O9. The summed E-state index contributed by atoms with van der Waals surface area (Å²) in [5.74, 6) is -3.88. The van der Waals surface area contributed by atoms with Gasteiger partial charge in [0, 0.05) is 37.5 Å². The SMILES string of the molecule is CC(=O)O[C@H]1C(=O)[C@@]2(C)[C@@H]([C@@H]3CO[C@@H]3C[C@@H]2O)[C@H](OC(=O)c2ccccc2)[C@]2(O)C[C@H](O)C(C)=C1C2C. The summed E-state index contributed by atoms with van der Waals surface area (Å²) >= 11 is 0. The van der Waals surface area contributed by atoms with Crippen LogP contribution in [0.5, 0.6) is 0 Å². The molecule has 9 heteroatoms. The van der Waals surface area contributed by atoms with Gasteiger partial charge < -0.3 is 29.5 Å². The first-order valence-corrected chi connectivity index (χ1v) is 12.8. The van der Waals surface area contributed by atoms with Gasteiger partial charge in [0.05, 0.1) is 35.9 Å². The van der Waals surface area contributed by atoms with E-state index in [9.17, 15) is 29.7 Å². The molecule has 1 unspecified atom stereocenters. The molecule has 1 aromatic rings. The highest BCUT2D eigenvalue weighted by Gasteiger charge is 2.70. The van der Waals surface area contributed by atoms with Crippen molar-refractivity contribution < 1.29 is 43.9 Å². The third-order valence-corrected chi connectivity index (χ3v) is 9.37. The Labute approximate surface area is 215 Å². The molecule has 0 spiro atoms. The fourth-order valence-electron chi connectivity index (χ4n) is 7.11. The second-order valence-electron chi connectivity index (χ2n) is 11.2. The quantitative estimate of drug-likeness (QED) is 0.405. The van der Waals surface area contributed by atoms with E-state index in [2.05, 4.69) is 0 Å². The van der Waals surface area contributed by atoms with Gasteiger partial charge in [-0.3, -0.25) is 9.59 Å². The number of aliphatic hydroxyl groups excluding tert-OH is 2. The number of rotatable bonds is 3. The number of esters is 2. The van der Waals surface area contributed by atoms with Crippen LogP contribution in [0.15, 0.2) is 41.5 Å². The van der Waals surface area contributed by atoms with Gasteiger partial charge in [-0.15, -0.1) is 0 Å². The Morgan fingerprint density at radius 2 is 1.81 bits per heavy atom. The second kappa shape index (κ2) is 9.01. The number of fused-ring (bicyclic) bond motifs is 5. The van der Waals surface area contributed by atoms with Crippen LogP contribution in [0.25, 0.3) is 0 Å². The molecule has 3 fully saturated rings. The van der Waals surface area contributed by atoms with Gasteiger partial charge in [0.1, 0.15) is 11.7 Å². The minimum absolute atomic E-state index is 0.155. The van der Waals surface area contributed by atoms with Crippen molar-refractivity contribution in [2.45, 2.75) is 76.7 Å². The van der Waals surface area contributed by atoms with Crippen molar-refractivity contribution in [3.63, 3.8) is 0 Å². The van der Waals surface area contributed by atoms with Gasteiger partial charge in [-0.2, -0.15) is 0 Å². The zero-order chi connectivity index (χ0) is 26.9. The molecule has 5 rings (SSSR count). The van der Waals surface area contributed by atoms with E-state index in [1.54, 1.807) is 51.1 Å². The highest BCUT2D eigenvalue weighted by atomic mass is 16.6. The van der Waals surface area contributed by atoms with E-state index in [4.69, 9.17) is 14.2 Å². The van der Waals surface area contributed by atoms with Gasteiger partial charge in [-0.05, 0) is 37.1 Å². The minimum atomic E-state index is -1.82. The van der Waals surface area contributed by atoms with Crippen molar-refractivity contribution >= 4 is 17.7 Å². The van der Waals surface area contributed by atoms with E-state index in [0.29, 0.717) is 5.57 Å². The maximum Gasteiger partial charge on any atom is 0.338 e. The fourth-order valence-corrected chi connectivity index (χ4v) is 7.11. The number of benzene rings is 1. The van der Waals surface area contributed by atoms with Crippen molar-refractivity contribution in [3.8, 4) is 0 Å². The zero-order valence-electron chi connectivity index (χ0n) is 21.4. The van der Waals surface area contributed by atoms with Gasteiger partial charge >= 0.3 is 11.9 Å². The summed E-state index contributed by atoms with van der Waals surface area (Å²) in [6.45, 7) is 6.38. The van der Waals surface area contributed by atoms with Gasteiger partial charge in [0.25, 0.3) is 0 Å². The number of ketones is 1. The molecule has 1 saturated heterocycles. The van der Waals surface area contributed by atoms with Crippen LogP contribution in [0.4, 0.5) is 0 Å².